The van der Waals surface area contributed by atoms with Crippen LogP contribution in [0.25, 0.3) is 0 Å². The van der Waals surface area contributed by atoms with E-state index in [0.717, 1.165) is 0 Å². The summed E-state index contributed by atoms with van der Waals surface area (Å²) in [5.74, 6) is 0.276. The van der Waals surface area contributed by atoms with Crippen molar-refractivity contribution in [3.05, 3.63) is 18.2 Å². The van der Waals surface area contributed by atoms with Crippen molar-refractivity contribution >= 4 is 0 Å². The van der Waals surface area contributed by atoms with Gasteiger partial charge in [-0.3, -0.25) is 0 Å². The summed E-state index contributed by atoms with van der Waals surface area (Å²) < 4.78 is 0. The van der Waals surface area contributed by atoms with Gasteiger partial charge in [-0.15, -0.1) is 0 Å². The SMILES string of the molecule is N#CCC(O)C(O)c1ncc[nH]1. The molecular weight excluding hydrogens is 158 g/mol. The third-order valence-electron chi connectivity index (χ3n) is 1.46. The van der Waals surface area contributed by atoms with Gasteiger partial charge in [0.25, 0.3) is 0 Å². The smallest absolute Gasteiger partial charge is 0.138 e. The summed E-state index contributed by atoms with van der Waals surface area (Å²) in [6, 6.07) is 1.76. The average Bonchev–Trinajstić information content (AvgIpc) is 2.55. The van der Waals surface area contributed by atoms with Crippen molar-refractivity contribution in [2.45, 2.75) is 18.6 Å². The Bertz CT molecular complexity index is 265. The molecule has 12 heavy (non-hydrogen) atoms. The zero-order valence-electron chi connectivity index (χ0n) is 6.31. The van der Waals surface area contributed by atoms with Crippen molar-refractivity contribution in [3.63, 3.8) is 0 Å². The number of rotatable bonds is 3. The van der Waals surface area contributed by atoms with E-state index in [0.29, 0.717) is 0 Å². The van der Waals surface area contributed by atoms with Crippen molar-refractivity contribution in [1.29, 1.82) is 5.26 Å². The van der Waals surface area contributed by atoms with Crippen LogP contribution in [0, 0.1) is 11.3 Å². The molecule has 2 unspecified atom stereocenters. The first-order valence-electron chi connectivity index (χ1n) is 3.48. The Kier molecular flexibility index (Phi) is 2.80. The lowest BCUT2D eigenvalue weighted by atomic mass is 10.1. The van der Waals surface area contributed by atoms with Gasteiger partial charge < -0.3 is 15.2 Å². The summed E-state index contributed by atoms with van der Waals surface area (Å²) in [5.41, 5.74) is 0. The highest BCUT2D eigenvalue weighted by Crippen LogP contribution is 2.13. The number of imidazole rings is 1. The Morgan fingerprint density at radius 3 is 2.92 bits per heavy atom. The monoisotopic (exact) mass is 167 g/mol. The second-order valence-corrected chi connectivity index (χ2v) is 2.35. The van der Waals surface area contributed by atoms with Gasteiger partial charge in [0.15, 0.2) is 0 Å². The van der Waals surface area contributed by atoms with Crippen molar-refractivity contribution in [2.75, 3.05) is 0 Å². The van der Waals surface area contributed by atoms with Gasteiger partial charge in [0, 0.05) is 12.4 Å². The average molecular weight is 167 g/mol. The van der Waals surface area contributed by atoms with Crippen LogP contribution in [0.4, 0.5) is 0 Å². The van der Waals surface area contributed by atoms with Crippen molar-refractivity contribution in [2.24, 2.45) is 0 Å². The van der Waals surface area contributed by atoms with Crippen LogP contribution in [-0.2, 0) is 0 Å². The van der Waals surface area contributed by atoms with Crippen LogP contribution in [0.2, 0.25) is 0 Å². The van der Waals surface area contributed by atoms with Gasteiger partial charge >= 0.3 is 0 Å². The van der Waals surface area contributed by atoms with Gasteiger partial charge in [0.1, 0.15) is 18.0 Å². The molecule has 5 heteroatoms. The highest BCUT2D eigenvalue weighted by molar-refractivity contribution is 4.96. The molecule has 0 saturated heterocycles. The maximum absolute atomic E-state index is 9.31. The van der Waals surface area contributed by atoms with Crippen LogP contribution in [-0.4, -0.2) is 26.3 Å². The van der Waals surface area contributed by atoms with Crippen LogP contribution in [0.5, 0.6) is 0 Å². The Balaban J connectivity index is 2.60. The molecule has 5 nitrogen and oxygen atoms in total. The van der Waals surface area contributed by atoms with Gasteiger partial charge in [-0.1, -0.05) is 0 Å². The first-order valence-corrected chi connectivity index (χ1v) is 3.48. The molecule has 0 aliphatic heterocycles. The Hall–Kier alpha value is -1.38. The minimum absolute atomic E-state index is 0.109. The topological polar surface area (TPSA) is 92.9 Å². The molecule has 3 N–H and O–H groups in total. The third kappa shape index (κ3) is 1.81. The van der Waals surface area contributed by atoms with Crippen LogP contribution in [0.3, 0.4) is 0 Å². The van der Waals surface area contributed by atoms with Crippen molar-refractivity contribution in [1.82, 2.24) is 9.97 Å². The summed E-state index contributed by atoms with van der Waals surface area (Å²) in [5, 5.41) is 26.7. The van der Waals surface area contributed by atoms with Gasteiger partial charge in [0.05, 0.1) is 12.5 Å². The van der Waals surface area contributed by atoms with E-state index in [2.05, 4.69) is 9.97 Å². The van der Waals surface area contributed by atoms with Crippen LogP contribution in [0.15, 0.2) is 12.4 Å². The lowest BCUT2D eigenvalue weighted by molar-refractivity contribution is 0.0167. The maximum atomic E-state index is 9.31. The minimum atomic E-state index is -1.11. The molecule has 0 radical (unpaired) electrons. The second-order valence-electron chi connectivity index (χ2n) is 2.35. The Morgan fingerprint density at radius 2 is 2.42 bits per heavy atom. The number of aromatic nitrogens is 2. The summed E-state index contributed by atoms with van der Waals surface area (Å²) in [7, 11) is 0. The molecule has 0 amide bonds. The highest BCUT2D eigenvalue weighted by Gasteiger charge is 2.19. The van der Waals surface area contributed by atoms with Crippen molar-refractivity contribution in [3.8, 4) is 6.07 Å². The van der Waals surface area contributed by atoms with Crippen LogP contribution >= 0.6 is 0 Å². The van der Waals surface area contributed by atoms with Gasteiger partial charge in [-0.25, -0.2) is 4.98 Å². The van der Waals surface area contributed by atoms with Gasteiger partial charge in [-0.2, -0.15) is 5.26 Å². The number of nitrogens with zero attached hydrogens (tertiary/aromatic N) is 2. The fourth-order valence-corrected chi connectivity index (χ4v) is 0.827. The fourth-order valence-electron chi connectivity index (χ4n) is 0.827. The number of aliphatic hydroxyl groups excluding tert-OH is 2. The molecule has 0 aliphatic carbocycles. The van der Waals surface area contributed by atoms with Crippen LogP contribution < -0.4 is 0 Å². The first kappa shape index (κ1) is 8.71. The Morgan fingerprint density at radius 1 is 1.67 bits per heavy atom. The van der Waals surface area contributed by atoms with Gasteiger partial charge in [-0.05, 0) is 0 Å². The van der Waals surface area contributed by atoms with Crippen molar-refractivity contribution < 1.29 is 10.2 Å². The molecule has 0 aliphatic rings. The number of aromatic amines is 1. The number of nitrogens with one attached hydrogen (secondary N) is 1. The van der Waals surface area contributed by atoms with Crippen LogP contribution in [0.1, 0.15) is 18.3 Å². The summed E-state index contributed by atoms with van der Waals surface area (Å²) in [4.78, 5) is 6.39. The predicted octanol–water partition coefficient (Wildman–Crippen LogP) is -0.282. The summed E-state index contributed by atoms with van der Waals surface area (Å²) in [6.45, 7) is 0. The molecule has 64 valence electrons. The first-order chi connectivity index (χ1) is 5.75. The summed E-state index contributed by atoms with van der Waals surface area (Å²) >= 11 is 0. The normalized spacial score (nSPS) is 15.1. The second kappa shape index (κ2) is 3.85. The van der Waals surface area contributed by atoms with E-state index in [4.69, 9.17) is 10.4 Å². The Labute approximate surface area is 69.3 Å². The van der Waals surface area contributed by atoms with E-state index < -0.39 is 12.2 Å². The number of nitriles is 1. The third-order valence-corrected chi connectivity index (χ3v) is 1.46. The maximum Gasteiger partial charge on any atom is 0.138 e. The molecular formula is C7H9N3O2. The highest BCUT2D eigenvalue weighted by atomic mass is 16.3. The zero-order chi connectivity index (χ0) is 8.97. The lowest BCUT2D eigenvalue weighted by Gasteiger charge is -2.11. The molecule has 1 heterocycles. The molecule has 0 saturated carbocycles. The molecule has 1 aromatic heterocycles. The zero-order valence-corrected chi connectivity index (χ0v) is 6.31. The minimum Gasteiger partial charge on any atom is -0.389 e. The van der Waals surface area contributed by atoms with E-state index in [1.54, 1.807) is 6.07 Å². The molecule has 0 bridgehead atoms. The van der Waals surface area contributed by atoms with E-state index in [9.17, 15) is 5.11 Å². The van der Waals surface area contributed by atoms with E-state index in [1.807, 2.05) is 0 Å². The van der Waals surface area contributed by atoms with E-state index in [-0.39, 0.29) is 12.2 Å². The molecule has 0 spiro atoms. The standard InChI is InChI=1S/C7H9N3O2/c8-2-1-5(11)6(12)7-9-3-4-10-7/h3-6,11-12H,1H2,(H,9,10). The van der Waals surface area contributed by atoms with E-state index in [1.165, 1.54) is 12.4 Å². The predicted molar refractivity (Wildman–Crippen MR) is 39.8 cm³/mol. The quantitative estimate of drug-likeness (QED) is 0.577. The number of aliphatic hydroxyl groups is 2. The van der Waals surface area contributed by atoms with E-state index >= 15 is 0 Å². The molecule has 1 rings (SSSR count). The molecule has 2 atom stereocenters. The molecule has 1 aromatic rings. The fraction of sp³-hybridized carbons (Fsp3) is 0.429. The number of H-pyrrole nitrogens is 1. The number of hydrogen-bond acceptors (Lipinski definition) is 4. The largest absolute Gasteiger partial charge is 0.389 e. The number of hydrogen-bond donors (Lipinski definition) is 3. The molecule has 0 aromatic carbocycles. The lowest BCUT2D eigenvalue weighted by Crippen LogP contribution is -2.18. The summed E-state index contributed by atoms with van der Waals surface area (Å²) in [6.07, 6.45) is 0.706. The molecule has 0 fully saturated rings. The van der Waals surface area contributed by atoms with Gasteiger partial charge in [0.2, 0.25) is 0 Å².